The number of nitrogens with zero attached hydrogens (tertiary/aromatic N) is 3. The summed E-state index contributed by atoms with van der Waals surface area (Å²) in [4.78, 5) is 0. The molecule has 0 saturated carbocycles. The van der Waals surface area contributed by atoms with Gasteiger partial charge < -0.3 is 4.42 Å². The second-order valence-corrected chi connectivity index (χ2v) is 14.0. The van der Waals surface area contributed by atoms with Crippen LogP contribution < -0.4 is 4.57 Å². The molecule has 244 valence electrons. The topological polar surface area (TPSA) is 45.7 Å². The molecule has 2 heterocycles. The molecule has 0 unspecified atom stereocenters. The van der Waals surface area contributed by atoms with Gasteiger partial charge in [-0.05, 0) is 95.1 Å². The van der Waals surface area contributed by atoms with Gasteiger partial charge in [-0.1, -0.05) is 100 Å². The molecule has 50 heavy (non-hydrogen) atoms. The first-order chi connectivity index (χ1) is 24.2. The Kier molecular flexibility index (Phi) is 7.65. The number of benzene rings is 6. The van der Waals surface area contributed by atoms with E-state index in [1.807, 2.05) is 24.3 Å². The number of aromatic nitrogens is 2. The summed E-state index contributed by atoms with van der Waals surface area (Å²) < 4.78 is 11.8. The van der Waals surface area contributed by atoms with E-state index in [-0.39, 0.29) is 11.8 Å². The number of rotatable bonds is 6. The zero-order valence-electron chi connectivity index (χ0n) is 29.5. The molecule has 0 atom stereocenters. The van der Waals surface area contributed by atoms with Crippen LogP contribution in [0.15, 0.2) is 126 Å². The van der Waals surface area contributed by atoms with Crippen LogP contribution >= 0.6 is 0 Å². The minimum Gasteiger partial charge on any atom is -0.455 e. The van der Waals surface area contributed by atoms with Gasteiger partial charge in [0.1, 0.15) is 16.8 Å². The Morgan fingerprint density at radius 3 is 1.96 bits per heavy atom. The second kappa shape index (κ2) is 12.2. The molecule has 2 aromatic heterocycles. The minimum atomic E-state index is 0.286. The van der Waals surface area contributed by atoms with Gasteiger partial charge in [0.2, 0.25) is 0 Å². The van der Waals surface area contributed by atoms with Crippen LogP contribution in [0, 0.1) is 18.3 Å². The van der Waals surface area contributed by atoms with E-state index in [4.69, 9.17) is 4.42 Å². The lowest BCUT2D eigenvalue weighted by Gasteiger charge is -2.21. The number of imidazole rings is 1. The van der Waals surface area contributed by atoms with Crippen molar-refractivity contribution in [1.82, 2.24) is 4.57 Å². The van der Waals surface area contributed by atoms with E-state index in [2.05, 4.69) is 154 Å². The Hall–Kier alpha value is -5.92. The maximum Gasteiger partial charge on any atom is 0.299 e. The summed E-state index contributed by atoms with van der Waals surface area (Å²) in [5, 5.41) is 11.5. The molecule has 0 bridgehead atoms. The second-order valence-electron chi connectivity index (χ2n) is 14.0. The monoisotopic (exact) mass is 650 g/mol. The molecule has 0 spiro atoms. The fourth-order valence-corrected chi connectivity index (χ4v) is 7.57. The van der Waals surface area contributed by atoms with Gasteiger partial charge in [-0.25, -0.2) is 4.57 Å². The van der Waals surface area contributed by atoms with Gasteiger partial charge in [0.25, 0.3) is 5.82 Å². The third-order valence-electron chi connectivity index (χ3n) is 10.2. The van der Waals surface area contributed by atoms with Crippen LogP contribution in [0.25, 0.3) is 72.3 Å². The van der Waals surface area contributed by atoms with Crippen molar-refractivity contribution >= 4 is 33.0 Å². The smallest absolute Gasteiger partial charge is 0.299 e. The highest BCUT2D eigenvalue weighted by atomic mass is 16.3. The van der Waals surface area contributed by atoms with Gasteiger partial charge in [-0.3, -0.25) is 0 Å². The molecule has 0 aliphatic carbocycles. The van der Waals surface area contributed by atoms with Gasteiger partial charge >= 0.3 is 0 Å². The predicted molar refractivity (Wildman–Crippen MR) is 206 cm³/mol. The maximum atomic E-state index is 9.30. The highest BCUT2D eigenvalue weighted by molar-refractivity contribution is 6.10. The Morgan fingerprint density at radius 1 is 0.660 bits per heavy atom. The van der Waals surface area contributed by atoms with E-state index in [1.165, 1.54) is 27.9 Å². The molecule has 0 aliphatic heterocycles. The number of hydrogen-bond acceptors (Lipinski definition) is 2. The third-order valence-corrected chi connectivity index (χ3v) is 10.2. The molecule has 6 aromatic carbocycles. The van der Waals surface area contributed by atoms with Crippen molar-refractivity contribution in [3.8, 4) is 45.4 Å². The fraction of sp³-hybridized carbons (Fsp3) is 0.174. The quantitative estimate of drug-likeness (QED) is 0.168. The summed E-state index contributed by atoms with van der Waals surface area (Å²) in [5.74, 6) is 1.67. The van der Waals surface area contributed by atoms with Crippen LogP contribution in [0.2, 0.25) is 0 Å². The summed E-state index contributed by atoms with van der Waals surface area (Å²) in [7, 11) is 2.18. The molecule has 4 nitrogen and oxygen atoms in total. The molecule has 0 radical (unpaired) electrons. The van der Waals surface area contributed by atoms with Crippen LogP contribution in [0.4, 0.5) is 0 Å². The van der Waals surface area contributed by atoms with Crippen LogP contribution in [0.3, 0.4) is 0 Å². The first-order valence-electron chi connectivity index (χ1n) is 17.4. The SMILES string of the molecule is Cc1ccc2c(oc3cc(-c4ccc(C#N)cc4)ccc32)c1-c1n(-c2c(C(C)C)cc(-c3ccccc3)cc2C(C)C)c2ccccc2[n+]1C. The highest BCUT2D eigenvalue weighted by Crippen LogP contribution is 2.43. The van der Waals surface area contributed by atoms with Crippen molar-refractivity contribution in [1.29, 1.82) is 5.26 Å². The fourth-order valence-electron chi connectivity index (χ4n) is 7.57. The highest BCUT2D eigenvalue weighted by Gasteiger charge is 2.34. The summed E-state index contributed by atoms with van der Waals surface area (Å²) >= 11 is 0. The summed E-state index contributed by atoms with van der Waals surface area (Å²) in [5.41, 5.74) is 15.4. The zero-order chi connectivity index (χ0) is 34.7. The zero-order valence-corrected chi connectivity index (χ0v) is 29.5. The molecule has 0 fully saturated rings. The predicted octanol–water partition coefficient (Wildman–Crippen LogP) is 11.8. The molecule has 8 aromatic rings. The van der Waals surface area contributed by atoms with Gasteiger partial charge in [0.15, 0.2) is 16.6 Å². The number of nitriles is 1. The van der Waals surface area contributed by atoms with E-state index in [9.17, 15) is 5.26 Å². The summed E-state index contributed by atoms with van der Waals surface area (Å²) in [6.07, 6.45) is 0. The number of hydrogen-bond donors (Lipinski definition) is 0. The van der Waals surface area contributed by atoms with Gasteiger partial charge in [-0.15, -0.1) is 0 Å². The van der Waals surface area contributed by atoms with Gasteiger partial charge in [-0.2, -0.15) is 9.83 Å². The minimum absolute atomic E-state index is 0.286. The largest absolute Gasteiger partial charge is 0.455 e. The lowest BCUT2D eigenvalue weighted by Crippen LogP contribution is -2.30. The molecular weight excluding hydrogens is 611 g/mol. The van der Waals surface area contributed by atoms with Crippen LogP contribution in [-0.4, -0.2) is 4.57 Å². The van der Waals surface area contributed by atoms with Crippen molar-refractivity contribution in [3.05, 3.63) is 144 Å². The molecule has 0 saturated heterocycles. The Morgan fingerprint density at radius 2 is 1.28 bits per heavy atom. The van der Waals surface area contributed by atoms with Crippen molar-refractivity contribution in [2.75, 3.05) is 0 Å². The first kappa shape index (κ1) is 31.4. The van der Waals surface area contributed by atoms with E-state index in [1.54, 1.807) is 0 Å². The summed E-state index contributed by atoms with van der Waals surface area (Å²) in [6.45, 7) is 11.4. The van der Waals surface area contributed by atoms with Crippen molar-refractivity contribution in [3.63, 3.8) is 0 Å². The van der Waals surface area contributed by atoms with E-state index < -0.39 is 0 Å². The van der Waals surface area contributed by atoms with Crippen molar-refractivity contribution in [2.24, 2.45) is 7.05 Å². The standard InChI is InChI=1S/C46H40N3O/c1-28(2)38-24-35(32-12-8-7-9-13-32)25-39(29(3)4)44(38)49-41-15-11-10-14-40(41)48(6)46(49)43-30(5)16-22-37-36-23-21-34(26-42(36)50-45(37)43)33-19-17-31(27-47)18-20-33/h7-26,28-29H,1-6H3/q+1. The Bertz CT molecular complexity index is 2580. The average Bonchev–Trinajstić information content (AvgIpc) is 3.65. The van der Waals surface area contributed by atoms with Gasteiger partial charge in [0.05, 0.1) is 18.7 Å². The molecule has 0 amide bonds. The Labute approximate surface area is 293 Å². The lowest BCUT2D eigenvalue weighted by molar-refractivity contribution is -0.633. The van der Waals surface area contributed by atoms with Crippen LogP contribution in [0.1, 0.15) is 61.8 Å². The van der Waals surface area contributed by atoms with Crippen molar-refractivity contribution in [2.45, 2.75) is 46.5 Å². The maximum absolute atomic E-state index is 9.30. The lowest BCUT2D eigenvalue weighted by atomic mass is 9.88. The molecule has 0 N–H and O–H groups in total. The number of fused-ring (bicyclic) bond motifs is 4. The van der Waals surface area contributed by atoms with Crippen molar-refractivity contribution < 1.29 is 8.98 Å². The van der Waals surface area contributed by atoms with E-state index in [0.29, 0.717) is 5.56 Å². The number of para-hydroxylation sites is 2. The summed E-state index contributed by atoms with van der Waals surface area (Å²) in [6, 6.07) is 45.1. The number of aryl methyl sites for hydroxylation is 2. The first-order valence-corrected chi connectivity index (χ1v) is 17.4. The number of furan rings is 1. The molecule has 4 heteroatoms. The third kappa shape index (κ3) is 5.01. The normalized spacial score (nSPS) is 11.7. The molecule has 8 rings (SSSR count). The van der Waals surface area contributed by atoms with E-state index in [0.717, 1.165) is 61.1 Å². The average molecular weight is 651 g/mol. The van der Waals surface area contributed by atoms with Gasteiger partial charge in [0, 0.05) is 21.9 Å². The van der Waals surface area contributed by atoms with E-state index >= 15 is 0 Å². The molecular formula is C46H40N3O+. The Balaban J connectivity index is 1.44. The van der Waals surface area contributed by atoms with Crippen LogP contribution in [0.5, 0.6) is 0 Å². The van der Waals surface area contributed by atoms with Crippen LogP contribution in [-0.2, 0) is 7.05 Å². The molecule has 0 aliphatic rings.